The molecule has 1 aromatic heterocycles. The number of carbonyl (C=O) groups is 1. The monoisotopic (exact) mass is 301 g/mol. The highest BCUT2D eigenvalue weighted by Crippen LogP contribution is 2.19. The first-order valence-corrected chi connectivity index (χ1v) is 7.98. The van der Waals surface area contributed by atoms with E-state index in [1.165, 1.54) is 5.56 Å². The van der Waals surface area contributed by atoms with Crippen molar-refractivity contribution in [2.24, 2.45) is 5.41 Å². The molecule has 1 aromatic carbocycles. The third-order valence-corrected chi connectivity index (χ3v) is 3.62. The van der Waals surface area contributed by atoms with Gasteiger partial charge in [-0.25, -0.2) is 4.98 Å². The number of carbonyl (C=O) groups excluding carboxylic acids is 1. The van der Waals surface area contributed by atoms with E-state index in [0.29, 0.717) is 19.0 Å². The number of hydrogen-bond acceptors (Lipinski definition) is 2. The van der Waals surface area contributed by atoms with Crippen LogP contribution in [0.15, 0.2) is 24.5 Å². The Morgan fingerprint density at radius 2 is 2.05 bits per heavy atom. The topological polar surface area (TPSA) is 46.9 Å². The van der Waals surface area contributed by atoms with Gasteiger partial charge in [0.05, 0.1) is 17.4 Å². The van der Waals surface area contributed by atoms with Crippen LogP contribution in [0.1, 0.15) is 52.6 Å². The Kier molecular flexibility index (Phi) is 4.89. The standard InChI is InChI=1S/C18H27N3O/c1-13(2)21-12-20-15-10-14(6-7-16(15)21)8-9-19-17(22)11-18(3,4)5/h6-7,10,12-13H,8-9,11H2,1-5H3,(H,19,22). The quantitative estimate of drug-likeness (QED) is 0.915. The molecule has 1 amide bonds. The van der Waals surface area contributed by atoms with Gasteiger partial charge < -0.3 is 9.88 Å². The van der Waals surface area contributed by atoms with E-state index < -0.39 is 0 Å². The van der Waals surface area contributed by atoms with E-state index in [1.54, 1.807) is 0 Å². The minimum Gasteiger partial charge on any atom is -0.356 e. The van der Waals surface area contributed by atoms with Crippen LogP contribution in [0.3, 0.4) is 0 Å². The molecule has 0 bridgehead atoms. The number of imidazole rings is 1. The van der Waals surface area contributed by atoms with Gasteiger partial charge in [-0.15, -0.1) is 0 Å². The number of nitrogens with one attached hydrogen (secondary N) is 1. The molecule has 0 saturated carbocycles. The summed E-state index contributed by atoms with van der Waals surface area (Å²) in [4.78, 5) is 16.3. The van der Waals surface area contributed by atoms with Crippen molar-refractivity contribution in [3.8, 4) is 0 Å². The Morgan fingerprint density at radius 3 is 2.68 bits per heavy atom. The van der Waals surface area contributed by atoms with Gasteiger partial charge in [-0.3, -0.25) is 4.79 Å². The van der Waals surface area contributed by atoms with Crippen molar-refractivity contribution in [3.05, 3.63) is 30.1 Å². The van der Waals surface area contributed by atoms with E-state index in [9.17, 15) is 4.79 Å². The van der Waals surface area contributed by atoms with E-state index in [-0.39, 0.29) is 11.3 Å². The van der Waals surface area contributed by atoms with Gasteiger partial charge in [0.15, 0.2) is 0 Å². The second kappa shape index (κ2) is 6.51. The van der Waals surface area contributed by atoms with Crippen LogP contribution in [-0.2, 0) is 11.2 Å². The van der Waals surface area contributed by atoms with Gasteiger partial charge in [0.25, 0.3) is 0 Å². The number of fused-ring (bicyclic) bond motifs is 1. The lowest BCUT2D eigenvalue weighted by Crippen LogP contribution is -2.29. The lowest BCUT2D eigenvalue weighted by atomic mass is 9.92. The second-order valence-corrected chi connectivity index (χ2v) is 7.41. The number of aromatic nitrogens is 2. The molecule has 120 valence electrons. The molecule has 22 heavy (non-hydrogen) atoms. The van der Waals surface area contributed by atoms with Crippen LogP contribution in [0, 0.1) is 5.41 Å². The Hall–Kier alpha value is -1.84. The summed E-state index contributed by atoms with van der Waals surface area (Å²) in [5.41, 5.74) is 3.42. The molecule has 1 heterocycles. The first-order valence-electron chi connectivity index (χ1n) is 7.98. The van der Waals surface area contributed by atoms with Gasteiger partial charge in [0.1, 0.15) is 0 Å². The second-order valence-electron chi connectivity index (χ2n) is 7.41. The summed E-state index contributed by atoms with van der Waals surface area (Å²) >= 11 is 0. The highest BCUT2D eigenvalue weighted by Gasteiger charge is 2.15. The van der Waals surface area contributed by atoms with E-state index in [0.717, 1.165) is 17.5 Å². The average molecular weight is 301 g/mol. The van der Waals surface area contributed by atoms with Crippen molar-refractivity contribution >= 4 is 16.9 Å². The molecule has 0 aliphatic carbocycles. The molecule has 0 fully saturated rings. The van der Waals surface area contributed by atoms with Gasteiger partial charge in [0, 0.05) is 19.0 Å². The lowest BCUT2D eigenvalue weighted by Gasteiger charge is -2.17. The van der Waals surface area contributed by atoms with Crippen LogP contribution in [0.25, 0.3) is 11.0 Å². The minimum absolute atomic E-state index is 0.0344. The summed E-state index contributed by atoms with van der Waals surface area (Å²) in [6.45, 7) is 11.2. The maximum atomic E-state index is 11.8. The van der Waals surface area contributed by atoms with Gasteiger partial charge >= 0.3 is 0 Å². The highest BCUT2D eigenvalue weighted by molar-refractivity contribution is 5.77. The van der Waals surface area contributed by atoms with Crippen LogP contribution in [-0.4, -0.2) is 22.0 Å². The Balaban J connectivity index is 1.94. The molecule has 2 aromatic rings. The van der Waals surface area contributed by atoms with Crippen molar-refractivity contribution in [1.82, 2.24) is 14.9 Å². The first kappa shape index (κ1) is 16.5. The first-order chi connectivity index (χ1) is 10.3. The third kappa shape index (κ3) is 4.33. The molecule has 0 spiro atoms. The van der Waals surface area contributed by atoms with Gasteiger partial charge in [0.2, 0.25) is 5.91 Å². The summed E-state index contributed by atoms with van der Waals surface area (Å²) in [6, 6.07) is 6.77. The predicted octanol–water partition coefficient (Wildman–Crippen LogP) is 3.71. The molecule has 2 rings (SSSR count). The molecule has 0 atom stereocenters. The highest BCUT2D eigenvalue weighted by atomic mass is 16.1. The number of benzene rings is 1. The summed E-state index contributed by atoms with van der Waals surface area (Å²) in [5, 5.41) is 2.99. The fourth-order valence-corrected chi connectivity index (χ4v) is 2.53. The van der Waals surface area contributed by atoms with Crippen LogP contribution in [0.4, 0.5) is 0 Å². The molecule has 0 radical (unpaired) electrons. The van der Waals surface area contributed by atoms with Gasteiger partial charge in [-0.2, -0.15) is 0 Å². The molecule has 4 heteroatoms. The van der Waals surface area contributed by atoms with Gasteiger partial charge in [-0.1, -0.05) is 26.8 Å². The lowest BCUT2D eigenvalue weighted by molar-refractivity contribution is -0.122. The maximum absolute atomic E-state index is 11.8. The largest absolute Gasteiger partial charge is 0.356 e. The Labute approximate surface area is 132 Å². The number of hydrogen-bond donors (Lipinski definition) is 1. The van der Waals surface area contributed by atoms with Crippen molar-refractivity contribution in [2.45, 2.75) is 53.5 Å². The molecule has 4 nitrogen and oxygen atoms in total. The van der Waals surface area contributed by atoms with E-state index in [1.807, 2.05) is 6.33 Å². The van der Waals surface area contributed by atoms with E-state index in [4.69, 9.17) is 0 Å². The SMILES string of the molecule is CC(C)n1cnc2cc(CCNC(=O)CC(C)(C)C)ccc21. The summed E-state index contributed by atoms with van der Waals surface area (Å²) in [6.07, 6.45) is 3.29. The number of amides is 1. The van der Waals surface area contributed by atoms with Gasteiger partial charge in [-0.05, 0) is 43.4 Å². The van der Waals surface area contributed by atoms with E-state index >= 15 is 0 Å². The smallest absolute Gasteiger partial charge is 0.220 e. The molecule has 0 aliphatic rings. The normalized spacial score (nSPS) is 12.1. The third-order valence-electron chi connectivity index (χ3n) is 3.62. The zero-order valence-electron chi connectivity index (χ0n) is 14.3. The molecule has 0 saturated heterocycles. The predicted molar refractivity (Wildman–Crippen MR) is 90.9 cm³/mol. The van der Waals surface area contributed by atoms with Crippen molar-refractivity contribution in [1.29, 1.82) is 0 Å². The maximum Gasteiger partial charge on any atom is 0.220 e. The minimum atomic E-state index is 0.0344. The number of nitrogens with zero attached hydrogens (tertiary/aromatic N) is 2. The van der Waals surface area contributed by atoms with E-state index in [2.05, 4.69) is 67.7 Å². The van der Waals surface area contributed by atoms with Crippen molar-refractivity contribution in [3.63, 3.8) is 0 Å². The molecular formula is C18H27N3O. The average Bonchev–Trinajstić information content (AvgIpc) is 2.79. The Bertz CT molecular complexity index is 650. The molecular weight excluding hydrogens is 274 g/mol. The Morgan fingerprint density at radius 1 is 1.32 bits per heavy atom. The van der Waals surface area contributed by atoms with Crippen LogP contribution < -0.4 is 5.32 Å². The zero-order chi connectivity index (χ0) is 16.3. The zero-order valence-corrected chi connectivity index (χ0v) is 14.3. The number of rotatable bonds is 5. The van der Waals surface area contributed by atoms with Crippen molar-refractivity contribution < 1.29 is 4.79 Å². The fraction of sp³-hybridized carbons (Fsp3) is 0.556. The molecule has 0 unspecified atom stereocenters. The van der Waals surface area contributed by atoms with Crippen LogP contribution >= 0.6 is 0 Å². The summed E-state index contributed by atoms with van der Waals surface area (Å²) in [5.74, 6) is 0.123. The summed E-state index contributed by atoms with van der Waals surface area (Å²) in [7, 11) is 0. The van der Waals surface area contributed by atoms with Crippen molar-refractivity contribution in [2.75, 3.05) is 6.54 Å². The fourth-order valence-electron chi connectivity index (χ4n) is 2.53. The molecule has 0 aliphatic heterocycles. The van der Waals surface area contributed by atoms with Crippen LogP contribution in [0.2, 0.25) is 0 Å². The van der Waals surface area contributed by atoms with Crippen LogP contribution in [0.5, 0.6) is 0 Å². The molecule has 1 N–H and O–H groups in total. The summed E-state index contributed by atoms with van der Waals surface area (Å²) < 4.78 is 2.17.